The Bertz CT molecular complexity index is 1100. The van der Waals surface area contributed by atoms with Crippen LogP contribution in [0.15, 0.2) is 54.6 Å². The van der Waals surface area contributed by atoms with Crippen LogP contribution in [0.25, 0.3) is 0 Å². The van der Waals surface area contributed by atoms with Crippen molar-refractivity contribution in [1.29, 1.82) is 0 Å². The normalized spacial score (nSPS) is 11.9. The molecule has 1 aromatic heterocycles. The van der Waals surface area contributed by atoms with E-state index in [0.29, 0.717) is 23.9 Å². The number of carbonyl (C=O) groups excluding carboxylic acids is 1. The largest absolute Gasteiger partial charge is 0.480 e. The molecule has 0 unspecified atom stereocenters. The summed E-state index contributed by atoms with van der Waals surface area (Å²) in [6.07, 6.45) is 3.09. The van der Waals surface area contributed by atoms with Gasteiger partial charge in [-0.2, -0.15) is 0 Å². The summed E-state index contributed by atoms with van der Waals surface area (Å²) in [6.45, 7) is 3.03. The number of aliphatic carboxylic acids is 1. The van der Waals surface area contributed by atoms with Crippen LogP contribution in [0.3, 0.4) is 0 Å². The fourth-order valence-electron chi connectivity index (χ4n) is 3.73. The molecule has 180 valence electrons. The summed E-state index contributed by atoms with van der Waals surface area (Å²) >= 11 is 6.36. The monoisotopic (exact) mass is 483 g/mol. The van der Waals surface area contributed by atoms with E-state index in [1.165, 1.54) is 0 Å². The van der Waals surface area contributed by atoms with Gasteiger partial charge in [0, 0.05) is 32.1 Å². The number of aromatic nitrogens is 2. The Morgan fingerprint density at radius 2 is 1.82 bits per heavy atom. The lowest BCUT2D eigenvalue weighted by Crippen LogP contribution is -2.42. The lowest BCUT2D eigenvalue weighted by Gasteiger charge is -2.15. The first kappa shape index (κ1) is 25.5. The number of rotatable bonds is 12. The third-order valence-corrected chi connectivity index (χ3v) is 5.88. The summed E-state index contributed by atoms with van der Waals surface area (Å²) in [4.78, 5) is 28.9. The first-order valence-corrected chi connectivity index (χ1v) is 11.7. The van der Waals surface area contributed by atoms with Crippen molar-refractivity contribution >= 4 is 23.5 Å². The molecule has 0 saturated carbocycles. The van der Waals surface area contributed by atoms with Gasteiger partial charge in [0.05, 0.1) is 12.3 Å². The number of ether oxygens (including phenoxy) is 1. The van der Waals surface area contributed by atoms with Crippen molar-refractivity contribution in [2.45, 2.75) is 51.8 Å². The van der Waals surface area contributed by atoms with Crippen molar-refractivity contribution in [3.05, 3.63) is 88.0 Å². The van der Waals surface area contributed by atoms with E-state index in [1.807, 2.05) is 42.5 Å². The molecule has 0 spiro atoms. The second kappa shape index (κ2) is 12.3. The summed E-state index contributed by atoms with van der Waals surface area (Å²) in [7, 11) is 1.62. The van der Waals surface area contributed by atoms with E-state index in [1.54, 1.807) is 19.2 Å². The molecular weight excluding hydrogens is 454 g/mol. The van der Waals surface area contributed by atoms with Crippen LogP contribution in [0, 0.1) is 0 Å². The zero-order chi connectivity index (χ0) is 24.5. The predicted octanol–water partition coefficient (Wildman–Crippen LogP) is 4.50. The van der Waals surface area contributed by atoms with Gasteiger partial charge in [0.2, 0.25) is 0 Å². The summed E-state index contributed by atoms with van der Waals surface area (Å²) < 4.78 is 7.37. The second-order valence-electron chi connectivity index (χ2n) is 8.14. The lowest BCUT2D eigenvalue weighted by molar-refractivity contribution is -0.139. The van der Waals surface area contributed by atoms with Crippen molar-refractivity contribution in [2.75, 3.05) is 7.11 Å². The fourth-order valence-corrected chi connectivity index (χ4v) is 3.98. The number of imidazole rings is 1. The molecule has 0 saturated heterocycles. The van der Waals surface area contributed by atoms with Gasteiger partial charge in [-0.3, -0.25) is 4.79 Å². The molecule has 1 heterocycles. The fraction of sp³-hybridized carbons (Fsp3) is 0.346. The average molecular weight is 484 g/mol. The third-order valence-electron chi connectivity index (χ3n) is 5.58. The smallest absolute Gasteiger partial charge is 0.326 e. The molecule has 2 aromatic carbocycles. The number of aryl methyl sites for hydroxylation is 1. The van der Waals surface area contributed by atoms with Crippen molar-refractivity contribution in [1.82, 2.24) is 14.9 Å². The minimum absolute atomic E-state index is 0.212. The SMILES string of the molecule is CCCCc1nc(Cl)c(COC)n1Cc1ccc(C(=O)N[C@@H](Cc2ccccc2)C(=O)O)cc1. The van der Waals surface area contributed by atoms with Gasteiger partial charge in [-0.1, -0.05) is 67.4 Å². The van der Waals surface area contributed by atoms with Crippen molar-refractivity contribution in [2.24, 2.45) is 0 Å². The molecule has 0 fully saturated rings. The van der Waals surface area contributed by atoms with Crippen LogP contribution < -0.4 is 5.32 Å². The zero-order valence-corrected chi connectivity index (χ0v) is 20.2. The second-order valence-corrected chi connectivity index (χ2v) is 8.50. The number of carboxylic acids is 1. The standard InChI is InChI=1S/C26H30ClN3O4/c1-3-4-10-23-29-24(27)22(17-34-2)30(23)16-19-11-13-20(14-12-19)25(31)28-21(26(32)33)15-18-8-6-5-7-9-18/h5-9,11-14,21H,3-4,10,15-17H2,1-2H3,(H,28,31)(H,32,33)/t21-/m0/s1. The number of benzene rings is 2. The zero-order valence-electron chi connectivity index (χ0n) is 19.5. The number of nitrogens with one attached hydrogen (secondary N) is 1. The van der Waals surface area contributed by atoms with Gasteiger partial charge in [-0.05, 0) is 29.7 Å². The summed E-state index contributed by atoms with van der Waals surface area (Å²) in [5.41, 5.74) is 3.03. The van der Waals surface area contributed by atoms with Crippen LogP contribution in [0.4, 0.5) is 0 Å². The number of hydrogen-bond donors (Lipinski definition) is 2. The van der Waals surface area contributed by atoms with E-state index in [4.69, 9.17) is 16.3 Å². The van der Waals surface area contributed by atoms with Crippen LogP contribution in [0.2, 0.25) is 5.15 Å². The van der Waals surface area contributed by atoms with E-state index in [-0.39, 0.29) is 6.42 Å². The minimum atomic E-state index is -1.07. The molecule has 3 rings (SSSR count). The van der Waals surface area contributed by atoms with Gasteiger partial charge in [-0.15, -0.1) is 0 Å². The van der Waals surface area contributed by atoms with E-state index in [9.17, 15) is 14.7 Å². The van der Waals surface area contributed by atoms with Crippen molar-refractivity contribution < 1.29 is 19.4 Å². The topological polar surface area (TPSA) is 93.5 Å². The van der Waals surface area contributed by atoms with Gasteiger partial charge < -0.3 is 19.7 Å². The maximum absolute atomic E-state index is 12.7. The Labute approximate surface area is 204 Å². The Morgan fingerprint density at radius 1 is 1.12 bits per heavy atom. The van der Waals surface area contributed by atoms with E-state index in [0.717, 1.165) is 41.9 Å². The van der Waals surface area contributed by atoms with Gasteiger partial charge in [0.15, 0.2) is 5.15 Å². The molecular formula is C26H30ClN3O4. The maximum atomic E-state index is 12.7. The van der Waals surface area contributed by atoms with Crippen LogP contribution in [-0.2, 0) is 35.5 Å². The molecule has 7 nitrogen and oxygen atoms in total. The van der Waals surface area contributed by atoms with Gasteiger partial charge in [0.25, 0.3) is 5.91 Å². The molecule has 1 amide bonds. The molecule has 0 radical (unpaired) electrons. The van der Waals surface area contributed by atoms with E-state index >= 15 is 0 Å². The minimum Gasteiger partial charge on any atom is -0.480 e. The number of methoxy groups -OCH3 is 1. The van der Waals surface area contributed by atoms with E-state index in [2.05, 4.69) is 21.8 Å². The first-order chi connectivity index (χ1) is 16.4. The van der Waals surface area contributed by atoms with Crippen LogP contribution in [-0.4, -0.2) is 39.7 Å². The first-order valence-electron chi connectivity index (χ1n) is 11.3. The van der Waals surface area contributed by atoms with Crippen molar-refractivity contribution in [3.8, 4) is 0 Å². The highest BCUT2D eigenvalue weighted by Crippen LogP contribution is 2.22. The molecule has 8 heteroatoms. The molecule has 0 aliphatic heterocycles. The number of carboxylic acid groups (broad SMARTS) is 1. The molecule has 2 N–H and O–H groups in total. The average Bonchev–Trinajstić information content (AvgIpc) is 3.12. The Kier molecular flexibility index (Phi) is 9.24. The molecule has 34 heavy (non-hydrogen) atoms. The number of nitrogens with zero attached hydrogens (tertiary/aromatic N) is 2. The summed E-state index contributed by atoms with van der Waals surface area (Å²) in [5.74, 6) is -0.591. The number of amides is 1. The highest BCUT2D eigenvalue weighted by Gasteiger charge is 2.21. The van der Waals surface area contributed by atoms with Gasteiger partial charge in [-0.25, -0.2) is 9.78 Å². The number of unbranched alkanes of at least 4 members (excludes halogenated alkanes) is 1. The van der Waals surface area contributed by atoms with Crippen LogP contribution >= 0.6 is 11.6 Å². The Morgan fingerprint density at radius 3 is 2.44 bits per heavy atom. The van der Waals surface area contributed by atoms with Crippen molar-refractivity contribution in [3.63, 3.8) is 0 Å². The highest BCUT2D eigenvalue weighted by molar-refractivity contribution is 6.30. The number of carbonyl (C=O) groups is 2. The predicted molar refractivity (Wildman–Crippen MR) is 131 cm³/mol. The summed E-state index contributed by atoms with van der Waals surface area (Å²) in [6, 6.07) is 15.3. The molecule has 1 atom stereocenters. The Balaban J connectivity index is 1.72. The maximum Gasteiger partial charge on any atom is 0.326 e. The van der Waals surface area contributed by atoms with Gasteiger partial charge >= 0.3 is 5.97 Å². The molecule has 0 aliphatic carbocycles. The summed E-state index contributed by atoms with van der Waals surface area (Å²) in [5, 5.41) is 12.6. The molecule has 0 aliphatic rings. The lowest BCUT2D eigenvalue weighted by atomic mass is 10.1. The number of halogens is 1. The molecule has 0 bridgehead atoms. The Hall–Kier alpha value is -3.16. The van der Waals surface area contributed by atoms with Crippen LogP contribution in [0.1, 0.15) is 52.8 Å². The third kappa shape index (κ3) is 6.68. The van der Waals surface area contributed by atoms with Gasteiger partial charge in [0.1, 0.15) is 11.9 Å². The highest BCUT2D eigenvalue weighted by atomic mass is 35.5. The quantitative estimate of drug-likeness (QED) is 0.395. The van der Waals surface area contributed by atoms with Crippen LogP contribution in [0.5, 0.6) is 0 Å². The number of hydrogen-bond acceptors (Lipinski definition) is 4. The molecule has 3 aromatic rings. The van der Waals surface area contributed by atoms with E-state index < -0.39 is 17.9 Å².